The predicted octanol–water partition coefficient (Wildman–Crippen LogP) is 5.36. The standard InChI is InChI=1S/C23H24FN5O2S/c1-3-21(30)26-16-7-4-8-17(13-16)27-22-20(24)15-25-23(29-22)28-18-9-5-10-19(14-18)31-11-6-12-32-2/h3-5,7-10,13-15H,1,6,11-12H2,2H3,(H,26,30)(H2,25,27,28,29). The summed E-state index contributed by atoms with van der Waals surface area (Å²) in [6.45, 7) is 4.06. The minimum atomic E-state index is -0.609. The molecule has 1 amide bonds. The number of hydrogen-bond acceptors (Lipinski definition) is 7. The summed E-state index contributed by atoms with van der Waals surface area (Å²) in [5, 5.41) is 8.63. The Bertz CT molecular complexity index is 1080. The molecule has 32 heavy (non-hydrogen) atoms. The molecule has 0 atom stereocenters. The smallest absolute Gasteiger partial charge is 0.247 e. The summed E-state index contributed by atoms with van der Waals surface area (Å²) in [6, 6.07) is 14.3. The van der Waals surface area contributed by atoms with Gasteiger partial charge in [-0.15, -0.1) is 0 Å². The van der Waals surface area contributed by atoms with Gasteiger partial charge in [-0.1, -0.05) is 18.7 Å². The van der Waals surface area contributed by atoms with Crippen LogP contribution in [0.4, 0.5) is 33.2 Å². The molecule has 0 spiro atoms. The van der Waals surface area contributed by atoms with Crippen molar-refractivity contribution in [2.45, 2.75) is 6.42 Å². The first-order chi connectivity index (χ1) is 15.6. The first kappa shape index (κ1) is 23.1. The molecule has 3 N–H and O–H groups in total. The van der Waals surface area contributed by atoms with Crippen molar-refractivity contribution >= 4 is 46.5 Å². The molecule has 0 unspecified atom stereocenters. The van der Waals surface area contributed by atoms with Gasteiger partial charge in [0.25, 0.3) is 0 Å². The Kier molecular flexibility index (Phi) is 8.44. The third-order valence-electron chi connectivity index (χ3n) is 4.17. The quantitative estimate of drug-likeness (QED) is 0.266. The molecule has 7 nitrogen and oxygen atoms in total. The maximum absolute atomic E-state index is 14.3. The van der Waals surface area contributed by atoms with Gasteiger partial charge in [0.05, 0.1) is 12.8 Å². The van der Waals surface area contributed by atoms with E-state index in [0.717, 1.165) is 29.8 Å². The van der Waals surface area contributed by atoms with Gasteiger partial charge in [-0.25, -0.2) is 9.37 Å². The summed E-state index contributed by atoms with van der Waals surface area (Å²) in [6.07, 6.45) is 5.29. The van der Waals surface area contributed by atoms with Gasteiger partial charge in [0.15, 0.2) is 11.6 Å². The second-order valence-corrected chi connectivity index (χ2v) is 7.62. The second kappa shape index (κ2) is 11.7. The molecule has 2 aromatic carbocycles. The molecule has 0 saturated heterocycles. The zero-order valence-corrected chi connectivity index (χ0v) is 18.4. The molecule has 1 aromatic heterocycles. The van der Waals surface area contributed by atoms with Crippen LogP contribution >= 0.6 is 11.8 Å². The maximum atomic E-state index is 14.3. The number of amides is 1. The Hall–Kier alpha value is -3.59. The van der Waals surface area contributed by atoms with Gasteiger partial charge in [0, 0.05) is 23.1 Å². The van der Waals surface area contributed by atoms with Crippen LogP contribution in [0.2, 0.25) is 0 Å². The van der Waals surface area contributed by atoms with Crippen LogP contribution in [0, 0.1) is 5.82 Å². The molecule has 166 valence electrons. The highest BCUT2D eigenvalue weighted by Crippen LogP contribution is 2.24. The predicted molar refractivity (Wildman–Crippen MR) is 129 cm³/mol. The number of ether oxygens (including phenoxy) is 1. The van der Waals surface area contributed by atoms with E-state index in [2.05, 4.69) is 38.8 Å². The number of halogens is 1. The molecule has 9 heteroatoms. The number of nitrogens with zero attached hydrogens (tertiary/aromatic N) is 2. The second-order valence-electron chi connectivity index (χ2n) is 6.64. The number of thioether (sulfide) groups is 1. The molecule has 0 radical (unpaired) electrons. The molecule has 3 rings (SSSR count). The number of carbonyl (C=O) groups is 1. The highest BCUT2D eigenvalue weighted by atomic mass is 32.2. The minimum Gasteiger partial charge on any atom is -0.493 e. The Labute approximate surface area is 190 Å². The van der Waals surface area contributed by atoms with Gasteiger partial charge < -0.3 is 20.7 Å². The summed E-state index contributed by atoms with van der Waals surface area (Å²) in [4.78, 5) is 19.7. The van der Waals surface area contributed by atoms with E-state index in [4.69, 9.17) is 4.74 Å². The number of carbonyl (C=O) groups excluding carboxylic acids is 1. The first-order valence-corrected chi connectivity index (χ1v) is 11.3. The normalized spacial score (nSPS) is 10.3. The molecule has 0 aliphatic rings. The maximum Gasteiger partial charge on any atom is 0.247 e. The fraction of sp³-hybridized carbons (Fsp3) is 0.174. The molecule has 3 aromatic rings. The van der Waals surface area contributed by atoms with Crippen molar-refractivity contribution in [3.8, 4) is 5.75 Å². The number of aromatic nitrogens is 2. The lowest BCUT2D eigenvalue weighted by atomic mass is 10.2. The number of rotatable bonds is 11. The highest BCUT2D eigenvalue weighted by Gasteiger charge is 2.09. The molecule has 0 fully saturated rings. The Morgan fingerprint density at radius 1 is 1.16 bits per heavy atom. The molecular formula is C23H24FN5O2S. The summed E-state index contributed by atoms with van der Waals surface area (Å²) in [5.41, 5.74) is 1.82. The van der Waals surface area contributed by atoms with Gasteiger partial charge in [0.1, 0.15) is 5.75 Å². The van der Waals surface area contributed by atoms with E-state index in [1.165, 1.54) is 6.08 Å². The molecule has 0 aliphatic carbocycles. The van der Waals surface area contributed by atoms with Crippen LogP contribution in [0.3, 0.4) is 0 Å². The van der Waals surface area contributed by atoms with Crippen LogP contribution in [-0.4, -0.2) is 34.5 Å². The van der Waals surface area contributed by atoms with Gasteiger partial charge in [0.2, 0.25) is 11.9 Å². The van der Waals surface area contributed by atoms with E-state index >= 15 is 0 Å². The van der Waals surface area contributed by atoms with E-state index in [9.17, 15) is 9.18 Å². The van der Waals surface area contributed by atoms with E-state index < -0.39 is 5.82 Å². The van der Waals surface area contributed by atoms with Crippen molar-refractivity contribution in [1.82, 2.24) is 9.97 Å². The molecule has 0 saturated carbocycles. The Morgan fingerprint density at radius 2 is 1.91 bits per heavy atom. The molecular weight excluding hydrogens is 429 g/mol. The SMILES string of the molecule is C=CC(=O)Nc1cccc(Nc2nc(Nc3cccc(OCCCSC)c3)ncc2F)c1. The average molecular weight is 454 g/mol. The number of hydrogen-bond donors (Lipinski definition) is 3. The van der Waals surface area contributed by atoms with Crippen molar-refractivity contribution in [2.75, 3.05) is 34.6 Å². The van der Waals surface area contributed by atoms with Crippen LogP contribution in [-0.2, 0) is 4.79 Å². The lowest BCUT2D eigenvalue weighted by molar-refractivity contribution is -0.111. The van der Waals surface area contributed by atoms with Crippen LogP contribution in [0.25, 0.3) is 0 Å². The van der Waals surface area contributed by atoms with Crippen LogP contribution in [0.15, 0.2) is 67.4 Å². The summed E-state index contributed by atoms with van der Waals surface area (Å²) in [7, 11) is 0. The largest absolute Gasteiger partial charge is 0.493 e. The van der Waals surface area contributed by atoms with E-state index in [1.807, 2.05) is 24.3 Å². The lowest BCUT2D eigenvalue weighted by Gasteiger charge is -2.11. The van der Waals surface area contributed by atoms with Gasteiger partial charge in [-0.2, -0.15) is 16.7 Å². The third-order valence-corrected chi connectivity index (χ3v) is 4.87. The fourth-order valence-electron chi connectivity index (χ4n) is 2.71. The van der Waals surface area contributed by atoms with E-state index in [-0.39, 0.29) is 17.7 Å². The van der Waals surface area contributed by atoms with Crippen molar-refractivity contribution in [3.05, 3.63) is 73.2 Å². The van der Waals surface area contributed by atoms with Crippen molar-refractivity contribution < 1.29 is 13.9 Å². The zero-order valence-electron chi connectivity index (χ0n) is 17.6. The third kappa shape index (κ3) is 6.98. The Balaban J connectivity index is 1.69. The van der Waals surface area contributed by atoms with Crippen molar-refractivity contribution in [2.24, 2.45) is 0 Å². The fourth-order valence-corrected chi connectivity index (χ4v) is 3.11. The van der Waals surface area contributed by atoms with Crippen molar-refractivity contribution in [3.63, 3.8) is 0 Å². The minimum absolute atomic E-state index is 0.000771. The highest BCUT2D eigenvalue weighted by molar-refractivity contribution is 7.98. The van der Waals surface area contributed by atoms with Gasteiger partial charge >= 0.3 is 0 Å². The van der Waals surface area contributed by atoms with E-state index in [1.54, 1.807) is 36.0 Å². The summed E-state index contributed by atoms with van der Waals surface area (Å²) >= 11 is 1.78. The van der Waals surface area contributed by atoms with Gasteiger partial charge in [-0.05, 0) is 54.8 Å². The zero-order chi connectivity index (χ0) is 22.8. The topological polar surface area (TPSA) is 88.2 Å². The molecule has 1 heterocycles. The number of anilines is 5. The first-order valence-electron chi connectivity index (χ1n) is 9.89. The summed E-state index contributed by atoms with van der Waals surface area (Å²) < 4.78 is 20.1. The monoisotopic (exact) mass is 453 g/mol. The van der Waals surface area contributed by atoms with Crippen LogP contribution in [0.1, 0.15) is 6.42 Å². The number of nitrogens with one attached hydrogen (secondary N) is 3. The molecule has 0 aliphatic heterocycles. The van der Waals surface area contributed by atoms with Crippen molar-refractivity contribution in [1.29, 1.82) is 0 Å². The van der Waals surface area contributed by atoms with E-state index in [0.29, 0.717) is 18.0 Å². The molecule has 0 bridgehead atoms. The Morgan fingerprint density at radius 3 is 2.69 bits per heavy atom. The van der Waals surface area contributed by atoms with Crippen LogP contribution in [0.5, 0.6) is 5.75 Å². The summed E-state index contributed by atoms with van der Waals surface area (Å²) in [5.74, 6) is 1.05. The average Bonchev–Trinajstić information content (AvgIpc) is 2.79. The van der Waals surface area contributed by atoms with Gasteiger partial charge in [-0.3, -0.25) is 4.79 Å². The number of benzene rings is 2. The van der Waals surface area contributed by atoms with Crippen LogP contribution < -0.4 is 20.7 Å². The lowest BCUT2D eigenvalue weighted by Crippen LogP contribution is -2.07.